The highest BCUT2D eigenvalue weighted by molar-refractivity contribution is 5.33. The summed E-state index contributed by atoms with van der Waals surface area (Å²) < 4.78 is 0. The van der Waals surface area contributed by atoms with E-state index < -0.39 is 0 Å². The van der Waals surface area contributed by atoms with Crippen molar-refractivity contribution in [2.45, 2.75) is 58.9 Å². The van der Waals surface area contributed by atoms with Gasteiger partial charge in [0, 0.05) is 6.04 Å². The van der Waals surface area contributed by atoms with Crippen LogP contribution in [0.2, 0.25) is 0 Å². The van der Waals surface area contributed by atoms with Gasteiger partial charge in [0.2, 0.25) is 0 Å². The topological polar surface area (TPSA) is 12.0 Å². The third-order valence-electron chi connectivity index (χ3n) is 4.66. The largest absolute Gasteiger partial charge is 0.310 e. The van der Waals surface area contributed by atoms with E-state index in [2.05, 4.69) is 50.4 Å². The molecular formula is C18H29N. The van der Waals surface area contributed by atoms with Gasteiger partial charge in [-0.1, -0.05) is 51.5 Å². The van der Waals surface area contributed by atoms with Crippen LogP contribution in [-0.4, -0.2) is 6.54 Å². The van der Waals surface area contributed by atoms with Gasteiger partial charge in [0.15, 0.2) is 0 Å². The lowest BCUT2D eigenvalue weighted by Crippen LogP contribution is -2.33. The minimum Gasteiger partial charge on any atom is -0.310 e. The molecular weight excluding hydrogens is 230 g/mol. The van der Waals surface area contributed by atoms with Gasteiger partial charge in [-0.25, -0.2) is 0 Å². The maximum absolute atomic E-state index is 3.81. The van der Waals surface area contributed by atoms with Crippen molar-refractivity contribution in [3.63, 3.8) is 0 Å². The summed E-state index contributed by atoms with van der Waals surface area (Å²) in [6.07, 6.45) is 6.50. The van der Waals surface area contributed by atoms with Crippen molar-refractivity contribution in [1.82, 2.24) is 5.32 Å². The molecule has 0 saturated heterocycles. The van der Waals surface area contributed by atoms with E-state index in [1.807, 2.05) is 0 Å². The molecule has 0 bridgehead atoms. The molecule has 0 aromatic heterocycles. The average Bonchev–Trinajstić information content (AvgIpc) is 2.45. The van der Waals surface area contributed by atoms with E-state index in [1.165, 1.54) is 32.1 Å². The Balaban J connectivity index is 2.16. The summed E-state index contributed by atoms with van der Waals surface area (Å²) in [4.78, 5) is 0. The molecule has 0 amide bonds. The van der Waals surface area contributed by atoms with Crippen LogP contribution in [0.15, 0.2) is 24.3 Å². The Morgan fingerprint density at radius 2 is 2.05 bits per heavy atom. The molecule has 0 radical (unpaired) electrons. The van der Waals surface area contributed by atoms with Gasteiger partial charge in [-0.15, -0.1) is 0 Å². The van der Waals surface area contributed by atoms with Gasteiger partial charge in [0.1, 0.15) is 0 Å². The number of hydrogen-bond donors (Lipinski definition) is 1. The Kier molecular flexibility index (Phi) is 5.45. The predicted octanol–water partition coefficient (Wildman–Crippen LogP) is 4.73. The molecule has 0 spiro atoms. The number of benzene rings is 1. The van der Waals surface area contributed by atoms with Crippen molar-refractivity contribution in [3.8, 4) is 0 Å². The zero-order valence-corrected chi connectivity index (χ0v) is 12.8. The minimum absolute atomic E-state index is 0.582. The summed E-state index contributed by atoms with van der Waals surface area (Å²) >= 11 is 0. The first-order chi connectivity index (χ1) is 9.26. The van der Waals surface area contributed by atoms with Crippen LogP contribution in [0.5, 0.6) is 0 Å². The Hall–Kier alpha value is -0.820. The second-order valence-electron chi connectivity index (χ2n) is 6.18. The summed E-state index contributed by atoms with van der Waals surface area (Å²) in [6.45, 7) is 8.11. The summed E-state index contributed by atoms with van der Waals surface area (Å²) in [5, 5.41) is 3.81. The number of hydrogen-bond acceptors (Lipinski definition) is 1. The molecule has 0 fully saturated rings. The van der Waals surface area contributed by atoms with E-state index in [-0.39, 0.29) is 0 Å². The maximum Gasteiger partial charge on any atom is 0.0351 e. The standard InChI is InChI=1S/C18H29N/c1-4-12-19-18-16(13-14(3)5-2)11-10-15-8-6-7-9-17(15)18/h6-9,14,16,18-19H,4-5,10-13H2,1-3H3. The molecule has 1 nitrogen and oxygen atoms in total. The SMILES string of the molecule is CCCNC1c2ccccc2CCC1CC(C)CC. The quantitative estimate of drug-likeness (QED) is 0.779. The molecule has 1 aromatic rings. The Morgan fingerprint density at radius 1 is 1.26 bits per heavy atom. The predicted molar refractivity (Wildman–Crippen MR) is 83.4 cm³/mol. The fourth-order valence-corrected chi connectivity index (χ4v) is 3.34. The van der Waals surface area contributed by atoms with E-state index >= 15 is 0 Å². The highest BCUT2D eigenvalue weighted by Gasteiger charge is 2.29. The lowest BCUT2D eigenvalue weighted by atomic mass is 9.75. The maximum atomic E-state index is 3.81. The zero-order valence-electron chi connectivity index (χ0n) is 12.8. The van der Waals surface area contributed by atoms with Gasteiger partial charge in [-0.2, -0.15) is 0 Å². The monoisotopic (exact) mass is 259 g/mol. The van der Waals surface area contributed by atoms with Crippen LogP contribution < -0.4 is 5.32 Å². The van der Waals surface area contributed by atoms with Crippen LogP contribution in [0.3, 0.4) is 0 Å². The van der Waals surface area contributed by atoms with Crippen molar-refractivity contribution in [3.05, 3.63) is 35.4 Å². The Labute approximate surface area is 118 Å². The van der Waals surface area contributed by atoms with Crippen LogP contribution in [-0.2, 0) is 6.42 Å². The molecule has 3 unspecified atom stereocenters. The Morgan fingerprint density at radius 3 is 2.79 bits per heavy atom. The van der Waals surface area contributed by atoms with Gasteiger partial charge in [-0.05, 0) is 55.2 Å². The lowest BCUT2D eigenvalue weighted by molar-refractivity contribution is 0.264. The van der Waals surface area contributed by atoms with E-state index in [9.17, 15) is 0 Å². The second kappa shape index (κ2) is 7.09. The first kappa shape index (κ1) is 14.6. The number of fused-ring (bicyclic) bond motifs is 1. The molecule has 1 aliphatic carbocycles. The van der Waals surface area contributed by atoms with Crippen molar-refractivity contribution in [1.29, 1.82) is 0 Å². The molecule has 1 N–H and O–H groups in total. The van der Waals surface area contributed by atoms with Crippen LogP contribution >= 0.6 is 0 Å². The molecule has 3 atom stereocenters. The van der Waals surface area contributed by atoms with Gasteiger partial charge in [0.25, 0.3) is 0 Å². The molecule has 19 heavy (non-hydrogen) atoms. The number of nitrogens with one attached hydrogen (secondary N) is 1. The first-order valence-electron chi connectivity index (χ1n) is 8.07. The number of rotatable bonds is 6. The smallest absolute Gasteiger partial charge is 0.0351 e. The van der Waals surface area contributed by atoms with Gasteiger partial charge in [0.05, 0.1) is 0 Å². The Bertz CT molecular complexity index is 385. The van der Waals surface area contributed by atoms with Crippen molar-refractivity contribution < 1.29 is 0 Å². The zero-order chi connectivity index (χ0) is 13.7. The van der Waals surface area contributed by atoms with Crippen molar-refractivity contribution in [2.24, 2.45) is 11.8 Å². The molecule has 1 aliphatic rings. The van der Waals surface area contributed by atoms with Gasteiger partial charge in [-0.3, -0.25) is 0 Å². The molecule has 2 rings (SSSR count). The van der Waals surface area contributed by atoms with Gasteiger partial charge < -0.3 is 5.32 Å². The summed E-state index contributed by atoms with van der Waals surface area (Å²) in [7, 11) is 0. The highest BCUT2D eigenvalue weighted by Crippen LogP contribution is 2.38. The molecule has 0 saturated carbocycles. The van der Waals surface area contributed by atoms with Crippen LogP contribution in [0.25, 0.3) is 0 Å². The third-order valence-corrected chi connectivity index (χ3v) is 4.66. The highest BCUT2D eigenvalue weighted by atomic mass is 14.9. The molecule has 1 heteroatoms. The molecule has 106 valence electrons. The van der Waals surface area contributed by atoms with Crippen LogP contribution in [0.1, 0.15) is 63.6 Å². The van der Waals surface area contributed by atoms with E-state index in [0.717, 1.165) is 18.4 Å². The van der Waals surface area contributed by atoms with E-state index in [4.69, 9.17) is 0 Å². The van der Waals surface area contributed by atoms with Crippen molar-refractivity contribution >= 4 is 0 Å². The fraction of sp³-hybridized carbons (Fsp3) is 0.667. The summed E-state index contributed by atoms with van der Waals surface area (Å²) in [5.41, 5.74) is 3.13. The van der Waals surface area contributed by atoms with E-state index in [0.29, 0.717) is 6.04 Å². The summed E-state index contributed by atoms with van der Waals surface area (Å²) in [6, 6.07) is 9.62. The molecule has 0 heterocycles. The first-order valence-corrected chi connectivity index (χ1v) is 8.07. The average molecular weight is 259 g/mol. The van der Waals surface area contributed by atoms with Crippen LogP contribution in [0, 0.1) is 11.8 Å². The third kappa shape index (κ3) is 3.60. The van der Waals surface area contributed by atoms with E-state index in [1.54, 1.807) is 11.1 Å². The lowest BCUT2D eigenvalue weighted by Gasteiger charge is -2.36. The fourth-order valence-electron chi connectivity index (χ4n) is 3.34. The summed E-state index contributed by atoms with van der Waals surface area (Å²) in [5.74, 6) is 1.66. The van der Waals surface area contributed by atoms with Crippen molar-refractivity contribution in [2.75, 3.05) is 6.54 Å². The normalized spacial score (nSPS) is 23.9. The molecule has 1 aromatic carbocycles. The molecule has 0 aliphatic heterocycles. The number of aryl methyl sites for hydroxylation is 1. The minimum atomic E-state index is 0.582. The van der Waals surface area contributed by atoms with Crippen LogP contribution in [0.4, 0.5) is 0 Å². The van der Waals surface area contributed by atoms with Gasteiger partial charge >= 0.3 is 0 Å². The second-order valence-corrected chi connectivity index (χ2v) is 6.18.